The molecular weight excluding hydrogens is 362 g/mol. The topological polar surface area (TPSA) is 56.1 Å². The molecule has 0 aliphatic heterocycles. The van der Waals surface area contributed by atoms with Crippen molar-refractivity contribution in [1.29, 1.82) is 0 Å². The van der Waals surface area contributed by atoms with E-state index in [4.69, 9.17) is 4.74 Å². The van der Waals surface area contributed by atoms with Gasteiger partial charge in [-0.1, -0.05) is 38.1 Å². The molecule has 1 amide bonds. The number of para-hydroxylation sites is 2. The predicted molar refractivity (Wildman–Crippen MR) is 117 cm³/mol. The van der Waals surface area contributed by atoms with Crippen molar-refractivity contribution in [3.63, 3.8) is 0 Å². The summed E-state index contributed by atoms with van der Waals surface area (Å²) in [6.07, 6.45) is 3.09. The third-order valence-electron chi connectivity index (χ3n) is 5.34. The van der Waals surface area contributed by atoms with E-state index >= 15 is 0 Å². The van der Waals surface area contributed by atoms with E-state index in [-0.39, 0.29) is 5.91 Å². The van der Waals surface area contributed by atoms with Crippen molar-refractivity contribution in [3.8, 4) is 5.75 Å². The molecule has 0 fully saturated rings. The lowest BCUT2D eigenvalue weighted by Gasteiger charge is -2.12. The van der Waals surface area contributed by atoms with E-state index < -0.39 is 0 Å². The molecule has 29 heavy (non-hydrogen) atoms. The van der Waals surface area contributed by atoms with Crippen LogP contribution >= 0.6 is 0 Å². The predicted octanol–water partition coefficient (Wildman–Crippen LogP) is 5.05. The summed E-state index contributed by atoms with van der Waals surface area (Å²) < 4.78 is 8.11. The largest absolute Gasteiger partial charge is 0.494 e. The summed E-state index contributed by atoms with van der Waals surface area (Å²) in [6.45, 7) is 7.97. The van der Waals surface area contributed by atoms with Gasteiger partial charge in [-0.05, 0) is 55.0 Å². The van der Waals surface area contributed by atoms with E-state index in [2.05, 4.69) is 59.0 Å². The Bertz CT molecular complexity index is 931. The normalized spacial score (nSPS) is 12.1. The van der Waals surface area contributed by atoms with Crippen LogP contribution in [0.2, 0.25) is 0 Å². The lowest BCUT2D eigenvalue weighted by molar-refractivity contribution is -0.119. The average Bonchev–Trinajstić information content (AvgIpc) is 3.09. The van der Waals surface area contributed by atoms with Crippen LogP contribution in [0.25, 0.3) is 11.0 Å². The molecule has 5 heteroatoms. The molecule has 0 aliphatic rings. The highest BCUT2D eigenvalue weighted by atomic mass is 16.5. The Morgan fingerprint density at radius 3 is 2.62 bits per heavy atom. The fraction of sp³-hybridized carbons (Fsp3) is 0.417. The summed E-state index contributed by atoms with van der Waals surface area (Å²) in [5.41, 5.74) is 3.43. The second-order valence-corrected chi connectivity index (χ2v) is 7.51. The van der Waals surface area contributed by atoms with Gasteiger partial charge in [0.15, 0.2) is 0 Å². The Balaban J connectivity index is 1.53. The second kappa shape index (κ2) is 10.1. The first-order valence-electron chi connectivity index (χ1n) is 10.5. The molecule has 0 spiro atoms. The zero-order valence-corrected chi connectivity index (χ0v) is 17.6. The van der Waals surface area contributed by atoms with Crippen molar-refractivity contribution in [2.24, 2.45) is 0 Å². The highest BCUT2D eigenvalue weighted by Gasteiger charge is 2.10. The Kier molecular flexibility index (Phi) is 7.28. The third-order valence-corrected chi connectivity index (χ3v) is 5.34. The van der Waals surface area contributed by atoms with Gasteiger partial charge in [-0.2, -0.15) is 0 Å². The van der Waals surface area contributed by atoms with Gasteiger partial charge in [-0.15, -0.1) is 0 Å². The minimum absolute atomic E-state index is 0.0450. The number of unbranched alkanes of at least 4 members (excludes halogenated alkanes) is 1. The minimum Gasteiger partial charge on any atom is -0.494 e. The van der Waals surface area contributed by atoms with Crippen LogP contribution in [0.4, 0.5) is 0 Å². The number of amides is 1. The standard InChI is InChI=1S/C24H31N3O2/c1-4-18(2)20-11-13-21(14-12-20)29-16-8-7-15-27-23-10-6-5-9-22(23)26-24(27)17-25-19(3)28/h5-6,9-14,18H,4,7-8,15-17H2,1-3H3,(H,25,28). The van der Waals surface area contributed by atoms with E-state index in [1.165, 1.54) is 12.5 Å². The minimum atomic E-state index is -0.0450. The lowest BCUT2D eigenvalue weighted by atomic mass is 9.99. The molecule has 0 radical (unpaired) electrons. The average molecular weight is 394 g/mol. The lowest BCUT2D eigenvalue weighted by Crippen LogP contribution is -2.21. The van der Waals surface area contributed by atoms with Gasteiger partial charge >= 0.3 is 0 Å². The number of fused-ring (bicyclic) bond motifs is 1. The number of nitrogens with zero attached hydrogens (tertiary/aromatic N) is 2. The number of carbonyl (C=O) groups excluding carboxylic acids is 1. The van der Waals surface area contributed by atoms with Crippen LogP contribution in [0.5, 0.6) is 5.75 Å². The van der Waals surface area contributed by atoms with Crippen molar-refractivity contribution in [1.82, 2.24) is 14.9 Å². The monoisotopic (exact) mass is 393 g/mol. The van der Waals surface area contributed by atoms with Gasteiger partial charge in [0.1, 0.15) is 11.6 Å². The van der Waals surface area contributed by atoms with Crippen LogP contribution in [0.1, 0.15) is 57.3 Å². The number of benzene rings is 2. The molecule has 0 saturated heterocycles. The van der Waals surface area contributed by atoms with Gasteiger partial charge in [0.25, 0.3) is 0 Å². The maximum absolute atomic E-state index is 11.3. The second-order valence-electron chi connectivity index (χ2n) is 7.51. The Morgan fingerprint density at radius 2 is 1.90 bits per heavy atom. The smallest absolute Gasteiger partial charge is 0.217 e. The number of nitrogens with one attached hydrogen (secondary N) is 1. The first-order chi connectivity index (χ1) is 14.1. The summed E-state index contributed by atoms with van der Waals surface area (Å²) in [6, 6.07) is 16.6. The van der Waals surface area contributed by atoms with Gasteiger partial charge < -0.3 is 14.6 Å². The van der Waals surface area contributed by atoms with Gasteiger partial charge in [-0.3, -0.25) is 4.79 Å². The van der Waals surface area contributed by atoms with Crippen molar-refractivity contribution in [3.05, 3.63) is 59.9 Å². The van der Waals surface area contributed by atoms with E-state index in [1.807, 2.05) is 18.2 Å². The van der Waals surface area contributed by atoms with Crippen molar-refractivity contribution >= 4 is 16.9 Å². The van der Waals surface area contributed by atoms with Crippen molar-refractivity contribution in [2.45, 2.75) is 59.0 Å². The van der Waals surface area contributed by atoms with E-state index in [1.54, 1.807) is 0 Å². The number of imidazole rings is 1. The Hall–Kier alpha value is -2.82. The van der Waals surface area contributed by atoms with Crippen molar-refractivity contribution in [2.75, 3.05) is 6.61 Å². The molecule has 0 bridgehead atoms. The first-order valence-corrected chi connectivity index (χ1v) is 10.5. The molecule has 1 atom stereocenters. The summed E-state index contributed by atoms with van der Waals surface area (Å²) in [5, 5.41) is 2.86. The molecule has 1 N–H and O–H groups in total. The summed E-state index contributed by atoms with van der Waals surface area (Å²) in [5.74, 6) is 2.36. The van der Waals surface area contributed by atoms with Gasteiger partial charge in [0.2, 0.25) is 5.91 Å². The third kappa shape index (κ3) is 5.59. The zero-order valence-electron chi connectivity index (χ0n) is 17.6. The maximum Gasteiger partial charge on any atom is 0.217 e. The number of carbonyl (C=O) groups is 1. The highest BCUT2D eigenvalue weighted by molar-refractivity contribution is 5.76. The molecule has 154 valence electrons. The summed E-state index contributed by atoms with van der Waals surface area (Å²) in [4.78, 5) is 16.0. The fourth-order valence-electron chi connectivity index (χ4n) is 3.40. The van der Waals surface area contributed by atoms with Crippen LogP contribution in [-0.2, 0) is 17.9 Å². The molecule has 1 aromatic heterocycles. The first kappa shape index (κ1) is 20.9. The number of ether oxygens (including phenoxy) is 1. The summed E-state index contributed by atoms with van der Waals surface area (Å²) in [7, 11) is 0. The van der Waals surface area contributed by atoms with Gasteiger partial charge in [0, 0.05) is 13.5 Å². The van der Waals surface area contributed by atoms with Gasteiger partial charge in [-0.25, -0.2) is 4.98 Å². The number of hydrogen-bond donors (Lipinski definition) is 1. The molecule has 2 aromatic carbocycles. The Labute approximate surface area is 173 Å². The van der Waals surface area contributed by atoms with Gasteiger partial charge in [0.05, 0.1) is 24.2 Å². The molecule has 0 saturated carbocycles. The molecular formula is C24H31N3O2. The maximum atomic E-state index is 11.3. The van der Waals surface area contributed by atoms with Crippen LogP contribution in [-0.4, -0.2) is 22.1 Å². The molecule has 1 unspecified atom stereocenters. The van der Waals surface area contributed by atoms with E-state index in [0.717, 1.165) is 48.4 Å². The van der Waals surface area contributed by atoms with Crippen LogP contribution in [0, 0.1) is 0 Å². The number of aryl methyl sites for hydroxylation is 1. The quantitative estimate of drug-likeness (QED) is 0.491. The molecule has 0 aliphatic carbocycles. The van der Waals surface area contributed by atoms with Crippen LogP contribution in [0.3, 0.4) is 0 Å². The van der Waals surface area contributed by atoms with Crippen molar-refractivity contribution < 1.29 is 9.53 Å². The number of hydrogen-bond acceptors (Lipinski definition) is 3. The Morgan fingerprint density at radius 1 is 1.14 bits per heavy atom. The number of rotatable bonds is 10. The SMILES string of the molecule is CCC(C)c1ccc(OCCCCn2c(CNC(C)=O)nc3ccccc32)cc1. The van der Waals surface area contributed by atoms with Crippen LogP contribution < -0.4 is 10.1 Å². The highest BCUT2D eigenvalue weighted by Crippen LogP contribution is 2.22. The van der Waals surface area contributed by atoms with E-state index in [0.29, 0.717) is 19.1 Å². The molecule has 1 heterocycles. The summed E-state index contributed by atoms with van der Waals surface area (Å²) >= 11 is 0. The molecule has 3 aromatic rings. The van der Waals surface area contributed by atoms with Crippen LogP contribution in [0.15, 0.2) is 48.5 Å². The number of aromatic nitrogens is 2. The molecule has 3 rings (SSSR count). The fourth-order valence-corrected chi connectivity index (χ4v) is 3.40. The zero-order chi connectivity index (χ0) is 20.6. The van der Waals surface area contributed by atoms with E-state index in [9.17, 15) is 4.79 Å². The molecule has 5 nitrogen and oxygen atoms in total.